The van der Waals surface area contributed by atoms with Gasteiger partial charge in [0.2, 0.25) is 11.8 Å². The van der Waals surface area contributed by atoms with Crippen LogP contribution in [0.4, 0.5) is 5.69 Å². The fourth-order valence-electron chi connectivity index (χ4n) is 5.32. The summed E-state index contributed by atoms with van der Waals surface area (Å²) < 4.78 is 0. The number of thiophene rings is 1. The minimum Gasteiger partial charge on any atom is -0.477 e. The van der Waals surface area contributed by atoms with Gasteiger partial charge in [-0.15, -0.1) is 11.3 Å². The van der Waals surface area contributed by atoms with Gasteiger partial charge in [-0.1, -0.05) is 37.5 Å². The highest BCUT2D eigenvalue weighted by Crippen LogP contribution is 2.47. The molecule has 3 rings (SSSR count). The molecule has 0 unspecified atom stereocenters. The highest BCUT2D eigenvalue weighted by atomic mass is 32.1. The molecule has 1 aromatic rings. The van der Waals surface area contributed by atoms with E-state index in [0.29, 0.717) is 23.4 Å². The molecule has 1 atom stereocenters. The van der Waals surface area contributed by atoms with Crippen LogP contribution in [0.25, 0.3) is 0 Å². The molecule has 1 N–H and O–H groups in total. The zero-order chi connectivity index (χ0) is 24.4. The lowest BCUT2D eigenvalue weighted by Crippen LogP contribution is -2.60. The molecule has 180 valence electrons. The van der Waals surface area contributed by atoms with Gasteiger partial charge in [0.1, 0.15) is 4.88 Å². The third-order valence-corrected chi connectivity index (χ3v) is 7.77. The van der Waals surface area contributed by atoms with Gasteiger partial charge in [0.25, 0.3) is 0 Å². The molecule has 2 heterocycles. The van der Waals surface area contributed by atoms with E-state index in [2.05, 4.69) is 11.8 Å². The Bertz CT molecular complexity index is 973. The zero-order valence-electron chi connectivity index (χ0n) is 20.5. The molecule has 2 fully saturated rings. The van der Waals surface area contributed by atoms with Crippen molar-refractivity contribution >= 4 is 34.8 Å². The van der Waals surface area contributed by atoms with Crippen LogP contribution in [0.1, 0.15) is 93.6 Å². The Kier molecular flexibility index (Phi) is 7.58. The largest absolute Gasteiger partial charge is 0.477 e. The summed E-state index contributed by atoms with van der Waals surface area (Å²) in [6.07, 6.45) is 6.88. The topological polar surface area (TPSA) is 77.9 Å². The maximum absolute atomic E-state index is 13.5. The summed E-state index contributed by atoms with van der Waals surface area (Å²) in [6.45, 7) is 8.21. The van der Waals surface area contributed by atoms with Gasteiger partial charge in [-0.3, -0.25) is 9.59 Å². The third-order valence-electron chi connectivity index (χ3n) is 6.75. The molecule has 1 aliphatic carbocycles. The summed E-state index contributed by atoms with van der Waals surface area (Å²) in [5, 5.41) is 10.0. The minimum atomic E-state index is -1.07. The molecular weight excluding hydrogens is 436 g/mol. The lowest BCUT2D eigenvalue weighted by molar-refractivity contribution is -0.137. The van der Waals surface area contributed by atoms with Crippen molar-refractivity contribution in [3.8, 4) is 11.8 Å². The number of nitrogens with zero attached hydrogens (tertiary/aromatic N) is 2. The van der Waals surface area contributed by atoms with Gasteiger partial charge in [-0.25, -0.2) is 4.79 Å². The molecular formula is C26H36N2O4S. The number of aromatic carboxylic acids is 1. The fourth-order valence-corrected chi connectivity index (χ4v) is 6.16. The van der Waals surface area contributed by atoms with E-state index < -0.39 is 11.5 Å². The first kappa shape index (κ1) is 25.3. The standard InChI is InChI=1S/C26H36N2O4S/c1-18(29)28(21-17-19(12-15-25(2,3)4)33-22(21)24(31)32)26(13-8-6-9-14-26)20-11-7-10-16-27(5)23(20)30/h17,20H,6-11,13-14,16H2,1-5H3,(H,31,32)/t20-/m1/s1. The first-order valence-corrected chi connectivity index (χ1v) is 12.7. The Morgan fingerprint density at radius 3 is 2.42 bits per heavy atom. The highest BCUT2D eigenvalue weighted by Gasteiger charge is 2.51. The molecule has 1 aromatic heterocycles. The van der Waals surface area contributed by atoms with E-state index >= 15 is 0 Å². The van der Waals surface area contributed by atoms with E-state index in [1.807, 2.05) is 27.8 Å². The molecule has 0 spiro atoms. The van der Waals surface area contributed by atoms with E-state index in [1.54, 1.807) is 15.9 Å². The SMILES string of the molecule is CC(=O)N(c1cc(C#CC(C)(C)C)sc1C(=O)O)C1([C@@H]2CCCCN(C)C2=O)CCCCC1. The summed E-state index contributed by atoms with van der Waals surface area (Å²) in [5.41, 5.74) is -0.546. The molecule has 6 nitrogen and oxygen atoms in total. The summed E-state index contributed by atoms with van der Waals surface area (Å²) in [5.74, 6) is 4.72. The number of hydrogen-bond donors (Lipinski definition) is 1. The van der Waals surface area contributed by atoms with E-state index in [1.165, 1.54) is 6.92 Å². The van der Waals surface area contributed by atoms with E-state index in [0.717, 1.165) is 56.4 Å². The predicted octanol–water partition coefficient (Wildman–Crippen LogP) is 5.16. The van der Waals surface area contributed by atoms with Crippen molar-refractivity contribution in [1.82, 2.24) is 4.90 Å². The Morgan fingerprint density at radius 1 is 1.18 bits per heavy atom. The Hall–Kier alpha value is -2.33. The lowest BCUT2D eigenvalue weighted by atomic mass is 9.69. The van der Waals surface area contributed by atoms with Crippen LogP contribution in [0, 0.1) is 23.2 Å². The Balaban J connectivity index is 2.18. The number of carboxylic acids is 1. The zero-order valence-corrected chi connectivity index (χ0v) is 21.3. The number of anilines is 1. The van der Waals surface area contributed by atoms with Crippen molar-refractivity contribution in [2.75, 3.05) is 18.5 Å². The van der Waals surface area contributed by atoms with Gasteiger partial charge >= 0.3 is 5.97 Å². The molecule has 7 heteroatoms. The van der Waals surface area contributed by atoms with Crippen LogP contribution in [-0.4, -0.2) is 46.9 Å². The third kappa shape index (κ3) is 5.43. The predicted molar refractivity (Wildman–Crippen MR) is 132 cm³/mol. The normalized spacial score (nSPS) is 21.1. The minimum absolute atomic E-state index is 0.0699. The molecule has 2 aliphatic rings. The van der Waals surface area contributed by atoms with Crippen LogP contribution in [0.3, 0.4) is 0 Å². The molecule has 0 bridgehead atoms. The molecule has 1 saturated carbocycles. The molecule has 1 aliphatic heterocycles. The number of amides is 2. The van der Waals surface area contributed by atoms with Crippen molar-refractivity contribution in [1.29, 1.82) is 0 Å². The van der Waals surface area contributed by atoms with Gasteiger partial charge < -0.3 is 14.9 Å². The summed E-state index contributed by atoms with van der Waals surface area (Å²) >= 11 is 1.11. The van der Waals surface area contributed by atoms with Crippen LogP contribution in [-0.2, 0) is 9.59 Å². The van der Waals surface area contributed by atoms with Crippen LogP contribution in [0.5, 0.6) is 0 Å². The first-order valence-electron chi connectivity index (χ1n) is 11.9. The fraction of sp³-hybridized carbons (Fsp3) is 0.654. The average Bonchev–Trinajstić information content (AvgIpc) is 3.07. The monoisotopic (exact) mass is 472 g/mol. The van der Waals surface area contributed by atoms with Crippen LogP contribution in [0.15, 0.2) is 6.07 Å². The van der Waals surface area contributed by atoms with Gasteiger partial charge in [0.15, 0.2) is 0 Å². The number of carbonyl (C=O) groups is 3. The van der Waals surface area contributed by atoms with Crippen molar-refractivity contribution in [3.63, 3.8) is 0 Å². The van der Waals surface area contributed by atoms with E-state index in [-0.39, 0.29) is 28.0 Å². The summed E-state index contributed by atoms with van der Waals surface area (Å²) in [6, 6.07) is 1.75. The first-order chi connectivity index (χ1) is 15.5. The second-order valence-corrected chi connectivity index (χ2v) is 11.5. The number of carbonyl (C=O) groups excluding carboxylic acids is 2. The molecule has 33 heavy (non-hydrogen) atoms. The maximum atomic E-state index is 13.5. The van der Waals surface area contributed by atoms with E-state index in [9.17, 15) is 19.5 Å². The maximum Gasteiger partial charge on any atom is 0.348 e. The summed E-state index contributed by atoms with van der Waals surface area (Å²) in [4.78, 5) is 43.2. The Labute approximate surface area is 201 Å². The Morgan fingerprint density at radius 2 is 1.85 bits per heavy atom. The number of likely N-dealkylation sites (tertiary alicyclic amines) is 1. The summed E-state index contributed by atoms with van der Waals surface area (Å²) in [7, 11) is 1.84. The van der Waals surface area contributed by atoms with Gasteiger partial charge in [0, 0.05) is 25.9 Å². The van der Waals surface area contributed by atoms with Gasteiger partial charge in [-0.05, 0) is 52.5 Å². The second kappa shape index (κ2) is 9.89. The van der Waals surface area contributed by atoms with Crippen molar-refractivity contribution < 1.29 is 19.5 Å². The molecule has 0 aromatic carbocycles. The van der Waals surface area contributed by atoms with E-state index in [4.69, 9.17) is 0 Å². The van der Waals surface area contributed by atoms with Crippen LogP contribution in [0.2, 0.25) is 0 Å². The van der Waals surface area contributed by atoms with Crippen molar-refractivity contribution in [2.45, 2.75) is 84.6 Å². The van der Waals surface area contributed by atoms with Gasteiger partial charge in [0.05, 0.1) is 22.0 Å². The smallest absolute Gasteiger partial charge is 0.348 e. The van der Waals surface area contributed by atoms with Crippen molar-refractivity contribution in [2.24, 2.45) is 11.3 Å². The number of carboxylic acid groups (broad SMARTS) is 1. The highest BCUT2D eigenvalue weighted by molar-refractivity contribution is 7.15. The average molecular weight is 473 g/mol. The second-order valence-electron chi connectivity index (χ2n) is 10.5. The number of hydrogen-bond acceptors (Lipinski definition) is 4. The molecule has 0 radical (unpaired) electrons. The van der Waals surface area contributed by atoms with Crippen molar-refractivity contribution in [3.05, 3.63) is 15.8 Å². The molecule has 1 saturated heterocycles. The van der Waals surface area contributed by atoms with Crippen LogP contribution >= 0.6 is 11.3 Å². The quantitative estimate of drug-likeness (QED) is 0.614. The molecule has 2 amide bonds. The number of rotatable bonds is 4. The van der Waals surface area contributed by atoms with Crippen LogP contribution < -0.4 is 4.90 Å². The van der Waals surface area contributed by atoms with Gasteiger partial charge in [-0.2, -0.15) is 0 Å². The lowest BCUT2D eigenvalue weighted by Gasteiger charge is -2.50.